The number of nitrogens with zero attached hydrogens (tertiary/aromatic N) is 3. The zero-order valence-corrected chi connectivity index (χ0v) is 14.4. The fraction of sp³-hybridized carbons (Fsp3) is 0.500. The molecule has 0 radical (unpaired) electrons. The van der Waals surface area contributed by atoms with Gasteiger partial charge in [-0.25, -0.2) is 0 Å². The van der Waals surface area contributed by atoms with Crippen molar-refractivity contribution in [1.29, 1.82) is 0 Å². The van der Waals surface area contributed by atoms with Crippen molar-refractivity contribution in [1.82, 2.24) is 4.90 Å². The highest BCUT2D eigenvalue weighted by Crippen LogP contribution is 2.27. The predicted octanol–water partition coefficient (Wildman–Crippen LogP) is 1.18. The number of carbonyl (C=O) groups is 3. The Bertz CT molecular complexity index is 665. The van der Waals surface area contributed by atoms with Gasteiger partial charge in [0.2, 0.25) is 11.8 Å². The summed E-state index contributed by atoms with van der Waals surface area (Å²) in [5.74, 6) is -1.51. The lowest BCUT2D eigenvalue weighted by atomic mass is 10.1. The largest absolute Gasteiger partial charge is 0.481 e. The Morgan fingerprint density at radius 3 is 2.20 bits per heavy atom. The van der Waals surface area contributed by atoms with Crippen LogP contribution in [0.1, 0.15) is 19.8 Å². The monoisotopic (exact) mass is 345 g/mol. The van der Waals surface area contributed by atoms with Crippen LogP contribution in [0.5, 0.6) is 0 Å². The molecular weight excluding hydrogens is 322 g/mol. The number of aliphatic carboxylic acids is 1. The van der Waals surface area contributed by atoms with Gasteiger partial charge in [-0.3, -0.25) is 14.4 Å². The van der Waals surface area contributed by atoms with E-state index in [-0.39, 0.29) is 24.8 Å². The lowest BCUT2D eigenvalue weighted by molar-refractivity contribution is -0.141. The van der Waals surface area contributed by atoms with Gasteiger partial charge in [-0.15, -0.1) is 0 Å². The van der Waals surface area contributed by atoms with Crippen molar-refractivity contribution in [3.05, 3.63) is 24.3 Å². The molecule has 2 saturated heterocycles. The molecule has 0 saturated carbocycles. The maximum atomic E-state index is 12.0. The average molecular weight is 345 g/mol. The van der Waals surface area contributed by atoms with Crippen LogP contribution < -0.4 is 9.80 Å². The van der Waals surface area contributed by atoms with Gasteiger partial charge in [0.1, 0.15) is 0 Å². The Hall–Kier alpha value is -2.57. The minimum absolute atomic E-state index is 0.0600. The highest BCUT2D eigenvalue weighted by atomic mass is 16.4. The quantitative estimate of drug-likeness (QED) is 0.886. The van der Waals surface area contributed by atoms with Gasteiger partial charge in [0.25, 0.3) is 0 Å². The number of carboxylic acid groups (broad SMARTS) is 1. The summed E-state index contributed by atoms with van der Waals surface area (Å²) in [7, 11) is 0. The van der Waals surface area contributed by atoms with Crippen LogP contribution in [0.2, 0.25) is 0 Å². The van der Waals surface area contributed by atoms with Crippen LogP contribution >= 0.6 is 0 Å². The highest BCUT2D eigenvalue weighted by molar-refractivity contribution is 5.99. The lowest BCUT2D eigenvalue weighted by Gasteiger charge is -2.36. The van der Waals surface area contributed by atoms with E-state index in [0.717, 1.165) is 37.6 Å². The van der Waals surface area contributed by atoms with Gasteiger partial charge in [-0.1, -0.05) is 6.92 Å². The van der Waals surface area contributed by atoms with E-state index in [1.807, 2.05) is 36.1 Å². The third-order valence-corrected chi connectivity index (χ3v) is 4.94. The van der Waals surface area contributed by atoms with Crippen LogP contribution in [0.25, 0.3) is 0 Å². The van der Waals surface area contributed by atoms with Crippen LogP contribution in [0.15, 0.2) is 24.3 Å². The summed E-state index contributed by atoms with van der Waals surface area (Å²) in [6, 6.07) is 7.63. The molecule has 2 aliphatic rings. The van der Waals surface area contributed by atoms with Crippen molar-refractivity contribution in [2.45, 2.75) is 19.8 Å². The lowest BCUT2D eigenvalue weighted by Crippen LogP contribution is -2.48. The summed E-state index contributed by atoms with van der Waals surface area (Å²) in [4.78, 5) is 40.5. The summed E-state index contributed by atoms with van der Waals surface area (Å²) in [5, 5.41) is 9.07. The molecule has 3 rings (SSSR count). The first-order chi connectivity index (χ1) is 12.0. The van der Waals surface area contributed by atoms with Crippen molar-refractivity contribution >= 4 is 29.2 Å². The summed E-state index contributed by atoms with van der Waals surface area (Å²) in [6.45, 7) is 5.12. The maximum absolute atomic E-state index is 12.0. The Morgan fingerprint density at radius 1 is 1.08 bits per heavy atom. The first-order valence-electron chi connectivity index (χ1n) is 8.65. The molecule has 0 aliphatic carbocycles. The Morgan fingerprint density at radius 2 is 1.68 bits per heavy atom. The number of carboxylic acids is 1. The molecular formula is C18H23N3O4. The molecule has 134 valence electrons. The molecule has 2 fully saturated rings. The number of carbonyl (C=O) groups excluding carboxylic acids is 2. The summed E-state index contributed by atoms with van der Waals surface area (Å²) in [6.07, 6.45) is 0.598. The topological polar surface area (TPSA) is 81.2 Å². The van der Waals surface area contributed by atoms with Gasteiger partial charge < -0.3 is 19.8 Å². The van der Waals surface area contributed by atoms with Gasteiger partial charge in [-0.05, 0) is 24.3 Å². The molecule has 1 N–H and O–H groups in total. The van der Waals surface area contributed by atoms with E-state index >= 15 is 0 Å². The summed E-state index contributed by atoms with van der Waals surface area (Å²) in [5.41, 5.74) is 1.78. The van der Waals surface area contributed by atoms with E-state index in [1.165, 1.54) is 0 Å². The third kappa shape index (κ3) is 3.60. The summed E-state index contributed by atoms with van der Waals surface area (Å²) < 4.78 is 0. The van der Waals surface area contributed by atoms with E-state index in [9.17, 15) is 14.4 Å². The maximum Gasteiger partial charge on any atom is 0.308 e. The predicted molar refractivity (Wildman–Crippen MR) is 93.6 cm³/mol. The Balaban J connectivity index is 1.63. The average Bonchev–Trinajstić information content (AvgIpc) is 3.03. The first kappa shape index (κ1) is 17.3. The Labute approximate surface area is 146 Å². The fourth-order valence-electron chi connectivity index (χ4n) is 3.40. The molecule has 0 bridgehead atoms. The fourth-order valence-corrected chi connectivity index (χ4v) is 3.40. The minimum Gasteiger partial charge on any atom is -0.481 e. The second-order valence-corrected chi connectivity index (χ2v) is 6.48. The number of amides is 2. The third-order valence-electron chi connectivity index (χ3n) is 4.94. The van der Waals surface area contributed by atoms with Gasteiger partial charge in [-0.2, -0.15) is 0 Å². The van der Waals surface area contributed by atoms with Crippen molar-refractivity contribution in [2.75, 3.05) is 42.5 Å². The highest BCUT2D eigenvalue weighted by Gasteiger charge is 2.35. The van der Waals surface area contributed by atoms with Gasteiger partial charge in [0, 0.05) is 56.9 Å². The molecule has 0 unspecified atom stereocenters. The van der Waals surface area contributed by atoms with E-state index in [4.69, 9.17) is 5.11 Å². The molecule has 1 atom stereocenters. The molecule has 1 aromatic carbocycles. The molecule has 7 heteroatoms. The van der Waals surface area contributed by atoms with E-state index < -0.39 is 11.9 Å². The van der Waals surface area contributed by atoms with Crippen molar-refractivity contribution in [3.8, 4) is 0 Å². The first-order valence-corrected chi connectivity index (χ1v) is 8.65. The number of piperazine rings is 1. The smallest absolute Gasteiger partial charge is 0.308 e. The van der Waals surface area contributed by atoms with E-state index in [2.05, 4.69) is 4.90 Å². The standard InChI is InChI=1S/C18H23N3O4/c1-2-16(22)20-9-7-19(8-10-20)14-3-5-15(6-4-14)21-12-13(18(24)25)11-17(21)23/h3-6,13H,2,7-12H2,1H3,(H,24,25)/t13-/m1/s1. The molecule has 25 heavy (non-hydrogen) atoms. The van der Waals surface area contributed by atoms with Gasteiger partial charge >= 0.3 is 5.97 Å². The van der Waals surface area contributed by atoms with Gasteiger partial charge in [0.15, 0.2) is 0 Å². The SMILES string of the molecule is CCC(=O)N1CCN(c2ccc(N3C[C@H](C(=O)O)CC3=O)cc2)CC1. The number of hydrogen-bond acceptors (Lipinski definition) is 4. The van der Waals surface area contributed by atoms with Crippen molar-refractivity contribution in [3.63, 3.8) is 0 Å². The number of hydrogen-bond donors (Lipinski definition) is 1. The number of benzene rings is 1. The van der Waals surface area contributed by atoms with Crippen molar-refractivity contribution in [2.24, 2.45) is 5.92 Å². The zero-order chi connectivity index (χ0) is 18.0. The number of anilines is 2. The van der Waals surface area contributed by atoms with E-state index in [1.54, 1.807) is 4.90 Å². The van der Waals surface area contributed by atoms with Crippen LogP contribution in [0.4, 0.5) is 11.4 Å². The molecule has 0 aromatic heterocycles. The van der Waals surface area contributed by atoms with Crippen LogP contribution in [0.3, 0.4) is 0 Å². The molecule has 1 aromatic rings. The molecule has 0 spiro atoms. The van der Waals surface area contributed by atoms with Crippen LogP contribution in [0, 0.1) is 5.92 Å². The van der Waals surface area contributed by atoms with Crippen molar-refractivity contribution < 1.29 is 19.5 Å². The number of rotatable bonds is 4. The molecule has 2 amide bonds. The molecule has 2 aliphatic heterocycles. The molecule has 7 nitrogen and oxygen atoms in total. The second kappa shape index (κ2) is 7.13. The molecule has 2 heterocycles. The Kier molecular flexibility index (Phi) is 4.92. The summed E-state index contributed by atoms with van der Waals surface area (Å²) >= 11 is 0. The zero-order valence-electron chi connectivity index (χ0n) is 14.4. The minimum atomic E-state index is -0.924. The van der Waals surface area contributed by atoms with E-state index in [0.29, 0.717) is 6.42 Å². The van der Waals surface area contributed by atoms with Gasteiger partial charge in [0.05, 0.1) is 5.92 Å². The van der Waals surface area contributed by atoms with Crippen LogP contribution in [-0.4, -0.2) is 60.5 Å². The normalized spacial score (nSPS) is 20.9. The second-order valence-electron chi connectivity index (χ2n) is 6.48. The van der Waals surface area contributed by atoms with Crippen LogP contribution in [-0.2, 0) is 14.4 Å².